The molecule has 0 aromatic heterocycles. The molecule has 1 aromatic carbocycles. The molecule has 0 N–H and O–H groups in total. The number of ether oxygens (including phenoxy) is 1. The molecule has 1 amide bonds. The Morgan fingerprint density at radius 2 is 2.32 bits per heavy atom. The summed E-state index contributed by atoms with van der Waals surface area (Å²) in [6.07, 6.45) is 2.85. The van der Waals surface area contributed by atoms with Crippen molar-refractivity contribution in [3.63, 3.8) is 0 Å². The zero-order chi connectivity index (χ0) is 13.7. The second-order valence-electron chi connectivity index (χ2n) is 5.33. The summed E-state index contributed by atoms with van der Waals surface area (Å²) in [4.78, 5) is 13.7. The molecule has 1 unspecified atom stereocenters. The predicted molar refractivity (Wildman–Crippen MR) is 76.3 cm³/mol. The van der Waals surface area contributed by atoms with Crippen LogP contribution in [0.1, 0.15) is 31.7 Å². The third-order valence-corrected chi connectivity index (χ3v) is 3.65. The van der Waals surface area contributed by atoms with Crippen molar-refractivity contribution in [3.05, 3.63) is 29.8 Å². The molecule has 0 spiro atoms. The van der Waals surface area contributed by atoms with E-state index in [0.717, 1.165) is 31.7 Å². The molecule has 3 heteroatoms. The van der Waals surface area contributed by atoms with Gasteiger partial charge in [0.1, 0.15) is 5.75 Å². The maximum Gasteiger partial charge on any atom is 0.222 e. The molecule has 1 heterocycles. The topological polar surface area (TPSA) is 29.5 Å². The predicted octanol–water partition coefficient (Wildman–Crippen LogP) is 3.02. The van der Waals surface area contributed by atoms with E-state index >= 15 is 0 Å². The number of hydrogen-bond donors (Lipinski definition) is 0. The minimum atomic E-state index is 0.264. The van der Waals surface area contributed by atoms with Crippen LogP contribution >= 0.6 is 0 Å². The maximum absolute atomic E-state index is 11.7. The number of hydrogen-bond acceptors (Lipinski definition) is 2. The molecule has 104 valence electrons. The van der Waals surface area contributed by atoms with Gasteiger partial charge in [0.2, 0.25) is 5.91 Å². The van der Waals surface area contributed by atoms with E-state index < -0.39 is 0 Å². The number of benzene rings is 1. The molecule has 2 rings (SSSR count). The second-order valence-corrected chi connectivity index (χ2v) is 5.33. The number of likely N-dealkylation sites (tertiary alicyclic amines) is 1. The number of rotatable bonds is 4. The van der Waals surface area contributed by atoms with E-state index in [1.165, 1.54) is 5.56 Å². The van der Waals surface area contributed by atoms with E-state index in [1.54, 1.807) is 0 Å². The lowest BCUT2D eigenvalue weighted by Gasteiger charge is -2.32. The number of piperidine rings is 1. The maximum atomic E-state index is 11.7. The summed E-state index contributed by atoms with van der Waals surface area (Å²) >= 11 is 0. The van der Waals surface area contributed by atoms with Crippen LogP contribution in [0.15, 0.2) is 24.3 Å². The van der Waals surface area contributed by atoms with E-state index in [2.05, 4.69) is 19.1 Å². The van der Waals surface area contributed by atoms with Gasteiger partial charge in [0, 0.05) is 25.4 Å². The van der Waals surface area contributed by atoms with Crippen molar-refractivity contribution in [2.75, 3.05) is 19.7 Å². The van der Waals surface area contributed by atoms with E-state index in [9.17, 15) is 4.79 Å². The number of carbonyl (C=O) groups is 1. The Kier molecular flexibility index (Phi) is 4.83. The molecule has 19 heavy (non-hydrogen) atoms. The molecule has 1 fully saturated rings. The van der Waals surface area contributed by atoms with Gasteiger partial charge in [0.05, 0.1) is 6.61 Å². The molecular formula is C16H23NO2. The average Bonchev–Trinajstić information content (AvgIpc) is 2.45. The molecule has 3 nitrogen and oxygen atoms in total. The molecule has 0 radical (unpaired) electrons. The minimum Gasteiger partial charge on any atom is -0.493 e. The Hall–Kier alpha value is -1.51. The van der Waals surface area contributed by atoms with Gasteiger partial charge in [-0.05, 0) is 37.5 Å². The molecule has 1 aromatic rings. The zero-order valence-electron chi connectivity index (χ0n) is 11.9. The van der Waals surface area contributed by atoms with Crippen LogP contribution in [0.5, 0.6) is 5.75 Å². The third kappa shape index (κ3) is 3.98. The van der Waals surface area contributed by atoms with Crippen LogP contribution in [-0.4, -0.2) is 30.5 Å². The van der Waals surface area contributed by atoms with Crippen LogP contribution in [0.2, 0.25) is 0 Å². The molecule has 0 aliphatic carbocycles. The van der Waals surface area contributed by atoms with Crippen LogP contribution in [0.4, 0.5) is 0 Å². The Labute approximate surface area is 115 Å². The lowest BCUT2D eigenvalue weighted by molar-refractivity contribution is -0.132. The fourth-order valence-electron chi connectivity index (χ4n) is 2.57. The Morgan fingerprint density at radius 3 is 3.05 bits per heavy atom. The van der Waals surface area contributed by atoms with Gasteiger partial charge in [0.25, 0.3) is 0 Å². The minimum absolute atomic E-state index is 0.264. The second kappa shape index (κ2) is 6.60. The van der Waals surface area contributed by atoms with Crippen LogP contribution < -0.4 is 4.74 Å². The van der Waals surface area contributed by atoms with Crippen molar-refractivity contribution >= 4 is 5.91 Å². The highest BCUT2D eigenvalue weighted by Crippen LogP contribution is 2.20. The van der Waals surface area contributed by atoms with E-state index in [0.29, 0.717) is 18.9 Å². The number of carbonyl (C=O) groups excluding carboxylic acids is 1. The van der Waals surface area contributed by atoms with Crippen LogP contribution in [0, 0.1) is 12.8 Å². The van der Waals surface area contributed by atoms with Gasteiger partial charge in [0.15, 0.2) is 0 Å². The van der Waals surface area contributed by atoms with Crippen molar-refractivity contribution in [2.24, 2.45) is 5.92 Å². The lowest BCUT2D eigenvalue weighted by atomic mass is 9.99. The van der Waals surface area contributed by atoms with Gasteiger partial charge in [-0.1, -0.05) is 19.1 Å². The van der Waals surface area contributed by atoms with E-state index in [-0.39, 0.29) is 5.91 Å². The molecule has 1 saturated heterocycles. The quantitative estimate of drug-likeness (QED) is 0.833. The van der Waals surface area contributed by atoms with Crippen LogP contribution in [-0.2, 0) is 4.79 Å². The Morgan fingerprint density at radius 1 is 1.47 bits per heavy atom. The number of aryl methyl sites for hydroxylation is 1. The molecule has 0 saturated carbocycles. The summed E-state index contributed by atoms with van der Waals surface area (Å²) in [6, 6.07) is 8.12. The molecule has 1 atom stereocenters. The first kappa shape index (κ1) is 13.9. The van der Waals surface area contributed by atoms with Gasteiger partial charge in [-0.15, -0.1) is 0 Å². The largest absolute Gasteiger partial charge is 0.493 e. The number of amides is 1. The number of nitrogens with zero attached hydrogens (tertiary/aromatic N) is 1. The summed E-state index contributed by atoms with van der Waals surface area (Å²) in [6.45, 7) is 6.45. The summed E-state index contributed by atoms with van der Waals surface area (Å²) in [7, 11) is 0. The molecular weight excluding hydrogens is 238 g/mol. The van der Waals surface area contributed by atoms with Gasteiger partial charge in [-0.2, -0.15) is 0 Å². The SMILES string of the molecule is CCC(=O)N1CCCC(COc2cccc(C)c2)C1. The smallest absolute Gasteiger partial charge is 0.222 e. The average molecular weight is 261 g/mol. The van der Waals surface area contributed by atoms with E-state index in [1.807, 2.05) is 24.0 Å². The monoisotopic (exact) mass is 261 g/mol. The standard InChI is InChI=1S/C16H23NO2/c1-3-16(18)17-9-5-7-14(11-17)12-19-15-8-4-6-13(2)10-15/h4,6,8,10,14H,3,5,7,9,11-12H2,1-2H3. The summed E-state index contributed by atoms with van der Waals surface area (Å²) in [5, 5.41) is 0. The van der Waals surface area contributed by atoms with Gasteiger partial charge in [-0.3, -0.25) is 4.79 Å². The molecule has 1 aliphatic heterocycles. The summed E-state index contributed by atoms with van der Waals surface area (Å²) < 4.78 is 5.85. The van der Waals surface area contributed by atoms with Crippen molar-refractivity contribution in [3.8, 4) is 5.75 Å². The first-order valence-corrected chi connectivity index (χ1v) is 7.16. The normalized spacial score (nSPS) is 19.3. The van der Waals surface area contributed by atoms with Gasteiger partial charge in [-0.25, -0.2) is 0 Å². The Bertz CT molecular complexity index is 431. The fraction of sp³-hybridized carbons (Fsp3) is 0.562. The first-order chi connectivity index (χ1) is 9.19. The summed E-state index contributed by atoms with van der Waals surface area (Å²) in [5.74, 6) is 1.66. The third-order valence-electron chi connectivity index (χ3n) is 3.65. The van der Waals surface area contributed by atoms with Crippen molar-refractivity contribution in [1.29, 1.82) is 0 Å². The fourth-order valence-corrected chi connectivity index (χ4v) is 2.57. The molecule has 0 bridgehead atoms. The lowest BCUT2D eigenvalue weighted by Crippen LogP contribution is -2.41. The first-order valence-electron chi connectivity index (χ1n) is 7.16. The Balaban J connectivity index is 1.84. The summed E-state index contributed by atoms with van der Waals surface area (Å²) in [5.41, 5.74) is 1.21. The zero-order valence-corrected chi connectivity index (χ0v) is 11.9. The highest BCUT2D eigenvalue weighted by atomic mass is 16.5. The van der Waals surface area contributed by atoms with Crippen molar-refractivity contribution < 1.29 is 9.53 Å². The molecule has 1 aliphatic rings. The van der Waals surface area contributed by atoms with Gasteiger partial charge >= 0.3 is 0 Å². The highest BCUT2D eigenvalue weighted by Gasteiger charge is 2.23. The highest BCUT2D eigenvalue weighted by molar-refractivity contribution is 5.75. The van der Waals surface area contributed by atoms with Gasteiger partial charge < -0.3 is 9.64 Å². The van der Waals surface area contributed by atoms with Crippen molar-refractivity contribution in [1.82, 2.24) is 4.90 Å². The van der Waals surface area contributed by atoms with Crippen LogP contribution in [0.25, 0.3) is 0 Å². The van der Waals surface area contributed by atoms with Crippen LogP contribution in [0.3, 0.4) is 0 Å². The van der Waals surface area contributed by atoms with Crippen molar-refractivity contribution in [2.45, 2.75) is 33.1 Å². The van der Waals surface area contributed by atoms with E-state index in [4.69, 9.17) is 4.74 Å².